The van der Waals surface area contributed by atoms with E-state index in [4.69, 9.17) is 16.2 Å². The van der Waals surface area contributed by atoms with Gasteiger partial charge in [-0.2, -0.15) is 0 Å². The van der Waals surface area contributed by atoms with Gasteiger partial charge in [-0.3, -0.25) is 10.3 Å². The molecule has 1 fully saturated rings. The second kappa shape index (κ2) is 5.99. The predicted molar refractivity (Wildman–Crippen MR) is 73.2 cm³/mol. The molecule has 19 heavy (non-hydrogen) atoms. The average molecular weight is 266 g/mol. The van der Waals surface area contributed by atoms with Gasteiger partial charge in [0.05, 0.1) is 12.3 Å². The first-order chi connectivity index (χ1) is 9.11. The second-order valence-electron chi connectivity index (χ2n) is 4.63. The van der Waals surface area contributed by atoms with E-state index in [2.05, 4.69) is 4.90 Å². The van der Waals surface area contributed by atoms with Gasteiger partial charge in [-0.25, -0.2) is 4.39 Å². The lowest BCUT2D eigenvalue weighted by Gasteiger charge is -2.35. The number of β-amino-alcohol motifs (C(OH)–C–C–N with tert-alkyl or cyclic N) is 1. The summed E-state index contributed by atoms with van der Waals surface area (Å²) in [6.45, 7) is 3.91. The Hall–Kier alpha value is -1.66. The quantitative estimate of drug-likeness (QED) is 0.538. The topological polar surface area (TPSA) is 76.6 Å². The number of nitrogens with zero attached hydrogens (tertiary/aromatic N) is 2. The SMILES string of the molecule is N=C(N)c1ccc(N2CCN(CCO)CC2)c(F)c1. The lowest BCUT2D eigenvalue weighted by molar-refractivity contribution is 0.188. The van der Waals surface area contributed by atoms with Crippen molar-refractivity contribution in [2.24, 2.45) is 5.73 Å². The van der Waals surface area contributed by atoms with Crippen LogP contribution in [0.5, 0.6) is 0 Å². The highest BCUT2D eigenvalue weighted by Gasteiger charge is 2.19. The van der Waals surface area contributed by atoms with Crippen LogP contribution in [0.15, 0.2) is 18.2 Å². The lowest BCUT2D eigenvalue weighted by Crippen LogP contribution is -2.47. The summed E-state index contributed by atoms with van der Waals surface area (Å²) in [5, 5.41) is 16.2. The van der Waals surface area contributed by atoms with Crippen molar-refractivity contribution in [3.05, 3.63) is 29.6 Å². The minimum absolute atomic E-state index is 0.127. The van der Waals surface area contributed by atoms with Gasteiger partial charge >= 0.3 is 0 Å². The van der Waals surface area contributed by atoms with Crippen LogP contribution in [-0.2, 0) is 0 Å². The Morgan fingerprint density at radius 2 is 2.00 bits per heavy atom. The fraction of sp³-hybridized carbons (Fsp3) is 0.462. The molecule has 1 saturated heterocycles. The largest absolute Gasteiger partial charge is 0.395 e. The van der Waals surface area contributed by atoms with E-state index < -0.39 is 0 Å². The molecule has 0 radical (unpaired) electrons. The van der Waals surface area contributed by atoms with Crippen molar-refractivity contribution in [1.29, 1.82) is 5.41 Å². The highest BCUT2D eigenvalue weighted by Crippen LogP contribution is 2.21. The van der Waals surface area contributed by atoms with Crippen molar-refractivity contribution in [2.45, 2.75) is 0 Å². The lowest BCUT2D eigenvalue weighted by atomic mass is 10.1. The first-order valence-corrected chi connectivity index (χ1v) is 6.34. The van der Waals surface area contributed by atoms with Crippen molar-refractivity contribution in [3.63, 3.8) is 0 Å². The molecular weight excluding hydrogens is 247 g/mol. The molecule has 0 bridgehead atoms. The number of hydrogen-bond donors (Lipinski definition) is 3. The Morgan fingerprint density at radius 3 is 2.53 bits per heavy atom. The van der Waals surface area contributed by atoms with E-state index in [-0.39, 0.29) is 18.3 Å². The second-order valence-corrected chi connectivity index (χ2v) is 4.63. The molecule has 0 amide bonds. The van der Waals surface area contributed by atoms with E-state index in [1.54, 1.807) is 12.1 Å². The first kappa shape index (κ1) is 13.8. The van der Waals surface area contributed by atoms with Crippen molar-refractivity contribution in [2.75, 3.05) is 44.2 Å². The molecule has 0 spiro atoms. The van der Waals surface area contributed by atoms with Crippen LogP contribution in [0.4, 0.5) is 10.1 Å². The highest BCUT2D eigenvalue weighted by molar-refractivity contribution is 5.95. The third-order valence-electron chi connectivity index (χ3n) is 3.39. The molecule has 0 atom stereocenters. The summed E-state index contributed by atoms with van der Waals surface area (Å²) >= 11 is 0. The number of nitrogen functional groups attached to an aromatic ring is 1. The first-order valence-electron chi connectivity index (χ1n) is 6.34. The summed E-state index contributed by atoms with van der Waals surface area (Å²) in [4.78, 5) is 4.13. The summed E-state index contributed by atoms with van der Waals surface area (Å²) in [5.41, 5.74) is 6.29. The average Bonchev–Trinajstić information content (AvgIpc) is 2.40. The van der Waals surface area contributed by atoms with Gasteiger partial charge in [0.15, 0.2) is 0 Å². The van der Waals surface area contributed by atoms with Gasteiger partial charge in [0, 0.05) is 38.3 Å². The van der Waals surface area contributed by atoms with Crippen LogP contribution in [-0.4, -0.2) is 55.2 Å². The minimum atomic E-state index is -0.344. The molecule has 104 valence electrons. The van der Waals surface area contributed by atoms with E-state index in [1.807, 2.05) is 4.90 Å². The van der Waals surface area contributed by atoms with E-state index in [0.717, 1.165) is 26.2 Å². The third-order valence-corrected chi connectivity index (χ3v) is 3.39. The molecule has 0 aliphatic carbocycles. The van der Waals surface area contributed by atoms with Crippen LogP contribution in [0.1, 0.15) is 5.56 Å². The minimum Gasteiger partial charge on any atom is -0.395 e. The van der Waals surface area contributed by atoms with Crippen molar-refractivity contribution in [3.8, 4) is 0 Å². The smallest absolute Gasteiger partial charge is 0.147 e. The van der Waals surface area contributed by atoms with E-state index in [1.165, 1.54) is 6.07 Å². The molecule has 6 heteroatoms. The van der Waals surface area contributed by atoms with Gasteiger partial charge in [-0.05, 0) is 18.2 Å². The number of halogens is 1. The molecule has 2 rings (SSSR count). The third kappa shape index (κ3) is 3.21. The molecule has 0 aromatic heterocycles. The Kier molecular flexibility index (Phi) is 4.34. The summed E-state index contributed by atoms with van der Waals surface area (Å²) in [6, 6.07) is 4.65. The van der Waals surface area contributed by atoms with E-state index in [0.29, 0.717) is 17.8 Å². The summed E-state index contributed by atoms with van der Waals surface area (Å²) in [6.07, 6.45) is 0. The number of nitrogens with one attached hydrogen (secondary N) is 1. The number of amidine groups is 1. The van der Waals surface area contributed by atoms with Gasteiger partial charge < -0.3 is 15.7 Å². The maximum Gasteiger partial charge on any atom is 0.147 e. The number of anilines is 1. The Labute approximate surface area is 111 Å². The Balaban J connectivity index is 2.05. The number of aliphatic hydroxyl groups excluding tert-OH is 1. The molecular formula is C13H19FN4O. The van der Waals surface area contributed by atoms with E-state index in [9.17, 15) is 4.39 Å². The fourth-order valence-electron chi connectivity index (χ4n) is 2.28. The summed E-state index contributed by atoms with van der Waals surface area (Å²) in [7, 11) is 0. The molecule has 5 nitrogen and oxygen atoms in total. The maximum atomic E-state index is 14.0. The number of benzene rings is 1. The normalized spacial score (nSPS) is 16.6. The predicted octanol–water partition coefficient (Wildman–Crippen LogP) is 0.224. The van der Waals surface area contributed by atoms with Crippen LogP contribution in [0.3, 0.4) is 0 Å². The van der Waals surface area contributed by atoms with Crippen molar-refractivity contribution < 1.29 is 9.50 Å². The molecule has 0 unspecified atom stereocenters. The van der Waals surface area contributed by atoms with Crippen molar-refractivity contribution in [1.82, 2.24) is 4.90 Å². The molecule has 1 aliphatic heterocycles. The standard InChI is InChI=1S/C13H19FN4O/c14-11-9-10(13(15)16)1-2-12(11)18-5-3-17(4-6-18)7-8-19/h1-2,9,19H,3-8H2,(H3,15,16). The van der Waals surface area contributed by atoms with Gasteiger partial charge in [0.2, 0.25) is 0 Å². The molecule has 1 heterocycles. The number of rotatable bonds is 4. The van der Waals surface area contributed by atoms with Gasteiger partial charge in [0.1, 0.15) is 11.7 Å². The van der Waals surface area contributed by atoms with Crippen LogP contribution in [0, 0.1) is 11.2 Å². The van der Waals surface area contributed by atoms with Gasteiger partial charge in [-0.15, -0.1) is 0 Å². The zero-order chi connectivity index (χ0) is 13.8. The Morgan fingerprint density at radius 1 is 1.32 bits per heavy atom. The van der Waals surface area contributed by atoms with Crippen LogP contribution in [0.2, 0.25) is 0 Å². The van der Waals surface area contributed by atoms with Gasteiger partial charge in [-0.1, -0.05) is 0 Å². The molecule has 1 aromatic carbocycles. The fourth-order valence-corrected chi connectivity index (χ4v) is 2.28. The highest BCUT2D eigenvalue weighted by atomic mass is 19.1. The molecule has 1 aliphatic rings. The summed E-state index contributed by atoms with van der Waals surface area (Å²) in [5.74, 6) is -0.471. The summed E-state index contributed by atoms with van der Waals surface area (Å²) < 4.78 is 14.0. The van der Waals surface area contributed by atoms with Crippen LogP contribution in [0.25, 0.3) is 0 Å². The molecule has 4 N–H and O–H groups in total. The number of nitrogens with two attached hydrogens (primary N) is 1. The number of hydrogen-bond acceptors (Lipinski definition) is 4. The zero-order valence-corrected chi connectivity index (χ0v) is 10.8. The van der Waals surface area contributed by atoms with Crippen molar-refractivity contribution >= 4 is 11.5 Å². The molecule has 1 aromatic rings. The number of aliphatic hydroxyl groups is 1. The number of piperazine rings is 1. The zero-order valence-electron chi connectivity index (χ0n) is 10.8. The monoisotopic (exact) mass is 266 g/mol. The Bertz CT molecular complexity index is 458. The van der Waals surface area contributed by atoms with Crippen LogP contribution >= 0.6 is 0 Å². The van der Waals surface area contributed by atoms with Gasteiger partial charge in [0.25, 0.3) is 0 Å². The molecule has 0 saturated carbocycles. The van der Waals surface area contributed by atoms with Crippen LogP contribution < -0.4 is 10.6 Å². The van der Waals surface area contributed by atoms with E-state index >= 15 is 0 Å². The maximum absolute atomic E-state index is 14.0.